The van der Waals surface area contributed by atoms with Gasteiger partial charge in [-0.05, 0) is 47.3 Å². The summed E-state index contributed by atoms with van der Waals surface area (Å²) in [4.78, 5) is 13.3. The third kappa shape index (κ3) is 11.3. The number of hydrogen-bond donors (Lipinski definition) is 1. The highest BCUT2D eigenvalue weighted by molar-refractivity contribution is 5.77. The fourth-order valence-corrected chi connectivity index (χ4v) is 1.07. The first-order valence-corrected chi connectivity index (χ1v) is 5.55. The summed E-state index contributed by atoms with van der Waals surface area (Å²) in [5, 5.41) is 2.83. The molecule has 0 aliphatic carbocycles. The van der Waals surface area contributed by atoms with Crippen molar-refractivity contribution in [3.05, 3.63) is 0 Å². The number of hydrogen-bond acceptors (Lipinski definition) is 3. The molecular weight excluding hydrogens is 192 g/mol. The molecule has 0 radical (unpaired) electrons. The zero-order valence-electron chi connectivity index (χ0n) is 10.4. The lowest BCUT2D eigenvalue weighted by atomic mass is 10.3. The molecule has 0 unspecified atom stereocenters. The highest BCUT2D eigenvalue weighted by Gasteiger charge is 2.01. The summed E-state index contributed by atoms with van der Waals surface area (Å²) in [5.41, 5.74) is 0. The molecule has 0 aromatic heterocycles. The summed E-state index contributed by atoms with van der Waals surface area (Å²) in [6, 6.07) is 0. The number of nitrogens with zero attached hydrogens (tertiary/aromatic N) is 1. The van der Waals surface area contributed by atoms with E-state index in [1.54, 1.807) is 0 Å². The van der Waals surface area contributed by atoms with Crippen LogP contribution in [0, 0.1) is 0 Å². The maximum Gasteiger partial charge on any atom is 0.246 e. The summed E-state index contributed by atoms with van der Waals surface area (Å²) in [6.45, 7) is 5.83. The van der Waals surface area contributed by atoms with Gasteiger partial charge in [-0.25, -0.2) is 0 Å². The third-order valence-corrected chi connectivity index (χ3v) is 1.90. The van der Waals surface area contributed by atoms with Gasteiger partial charge in [-0.1, -0.05) is 0 Å². The summed E-state index contributed by atoms with van der Waals surface area (Å²) >= 11 is 0. The van der Waals surface area contributed by atoms with Crippen molar-refractivity contribution in [3.8, 4) is 0 Å². The van der Waals surface area contributed by atoms with Crippen LogP contribution in [-0.4, -0.2) is 50.7 Å². The van der Waals surface area contributed by atoms with Gasteiger partial charge in [0.1, 0.15) is 6.61 Å². The Hall–Kier alpha value is -0.610. The lowest BCUT2D eigenvalue weighted by molar-refractivity contribution is -0.127. The van der Waals surface area contributed by atoms with Crippen LogP contribution in [0.4, 0.5) is 0 Å². The fraction of sp³-hybridized carbons (Fsp3) is 0.909. The van der Waals surface area contributed by atoms with E-state index in [4.69, 9.17) is 4.74 Å². The Kier molecular flexibility index (Phi) is 8.33. The molecule has 0 saturated carbocycles. The first-order chi connectivity index (χ1) is 7.02. The van der Waals surface area contributed by atoms with E-state index in [9.17, 15) is 4.79 Å². The van der Waals surface area contributed by atoms with Crippen LogP contribution in [0.2, 0.25) is 0 Å². The molecule has 0 aliphatic heterocycles. The van der Waals surface area contributed by atoms with Gasteiger partial charge in [0.2, 0.25) is 5.91 Å². The number of nitrogens with one attached hydrogen (secondary N) is 1. The van der Waals surface area contributed by atoms with Crippen LogP contribution in [0.15, 0.2) is 0 Å². The van der Waals surface area contributed by atoms with Crippen molar-refractivity contribution >= 4 is 5.91 Å². The Morgan fingerprint density at radius 2 is 2.00 bits per heavy atom. The zero-order chi connectivity index (χ0) is 11.7. The predicted octanol–water partition coefficient (Wildman–Crippen LogP) is 0.869. The zero-order valence-corrected chi connectivity index (χ0v) is 10.4. The Labute approximate surface area is 93.0 Å². The van der Waals surface area contributed by atoms with E-state index in [1.807, 2.05) is 13.8 Å². The molecule has 0 aliphatic rings. The molecule has 0 bridgehead atoms. The van der Waals surface area contributed by atoms with E-state index in [0.717, 1.165) is 25.9 Å². The van der Waals surface area contributed by atoms with Crippen LogP contribution in [0.1, 0.15) is 26.7 Å². The second-order valence-corrected chi connectivity index (χ2v) is 4.22. The molecule has 1 amide bonds. The van der Waals surface area contributed by atoms with Crippen LogP contribution >= 0.6 is 0 Å². The van der Waals surface area contributed by atoms with Crippen LogP contribution in [-0.2, 0) is 9.53 Å². The van der Waals surface area contributed by atoms with Gasteiger partial charge in [-0.3, -0.25) is 4.79 Å². The Bertz CT molecular complexity index is 170. The van der Waals surface area contributed by atoms with E-state index < -0.39 is 0 Å². The van der Waals surface area contributed by atoms with Gasteiger partial charge >= 0.3 is 0 Å². The number of carbonyl (C=O) groups is 1. The van der Waals surface area contributed by atoms with Gasteiger partial charge in [-0.2, -0.15) is 0 Å². The number of rotatable bonds is 8. The molecule has 0 atom stereocenters. The van der Waals surface area contributed by atoms with Crippen LogP contribution < -0.4 is 5.32 Å². The second-order valence-electron chi connectivity index (χ2n) is 4.22. The fourth-order valence-electron chi connectivity index (χ4n) is 1.07. The van der Waals surface area contributed by atoms with Crippen LogP contribution in [0.5, 0.6) is 0 Å². The van der Waals surface area contributed by atoms with E-state index in [2.05, 4.69) is 24.3 Å². The summed E-state index contributed by atoms with van der Waals surface area (Å²) < 4.78 is 5.18. The average Bonchev–Trinajstić information content (AvgIpc) is 2.13. The van der Waals surface area contributed by atoms with Crippen molar-refractivity contribution in [2.24, 2.45) is 0 Å². The van der Waals surface area contributed by atoms with Crippen molar-refractivity contribution in [1.29, 1.82) is 0 Å². The van der Waals surface area contributed by atoms with Gasteiger partial charge in [0.05, 0.1) is 6.10 Å². The third-order valence-electron chi connectivity index (χ3n) is 1.90. The van der Waals surface area contributed by atoms with Gasteiger partial charge in [0.15, 0.2) is 0 Å². The summed E-state index contributed by atoms with van der Waals surface area (Å²) in [6.07, 6.45) is 2.24. The highest BCUT2D eigenvalue weighted by Crippen LogP contribution is 1.90. The quantitative estimate of drug-likeness (QED) is 0.612. The van der Waals surface area contributed by atoms with Crippen molar-refractivity contribution in [2.75, 3.05) is 33.8 Å². The Morgan fingerprint density at radius 3 is 2.53 bits per heavy atom. The minimum Gasteiger partial charge on any atom is -0.369 e. The first-order valence-electron chi connectivity index (χ1n) is 5.55. The molecule has 0 aromatic carbocycles. The largest absolute Gasteiger partial charge is 0.369 e. The topological polar surface area (TPSA) is 41.6 Å². The monoisotopic (exact) mass is 216 g/mol. The predicted molar refractivity (Wildman–Crippen MR) is 61.9 cm³/mol. The highest BCUT2D eigenvalue weighted by atomic mass is 16.5. The molecule has 4 heteroatoms. The smallest absolute Gasteiger partial charge is 0.246 e. The number of ether oxygens (including phenoxy) is 1. The summed E-state index contributed by atoms with van der Waals surface area (Å²) in [5.74, 6) is -0.0199. The number of carbonyl (C=O) groups excluding carboxylic acids is 1. The van der Waals surface area contributed by atoms with E-state index in [-0.39, 0.29) is 18.6 Å². The lowest BCUT2D eigenvalue weighted by Crippen LogP contribution is -2.30. The minimum atomic E-state index is -0.0199. The minimum absolute atomic E-state index is 0.0199. The van der Waals surface area contributed by atoms with Crippen LogP contribution in [0.3, 0.4) is 0 Å². The molecule has 0 spiro atoms. The molecule has 15 heavy (non-hydrogen) atoms. The molecule has 90 valence electrons. The van der Waals surface area contributed by atoms with E-state index >= 15 is 0 Å². The SMILES string of the molecule is CC(C)OCC(=O)NCCCCN(C)C. The average molecular weight is 216 g/mol. The van der Waals surface area contributed by atoms with Crippen molar-refractivity contribution < 1.29 is 9.53 Å². The molecule has 4 nitrogen and oxygen atoms in total. The Balaban J connectivity index is 3.24. The van der Waals surface area contributed by atoms with E-state index in [1.165, 1.54) is 0 Å². The molecular formula is C11H24N2O2. The Morgan fingerprint density at radius 1 is 1.33 bits per heavy atom. The normalized spacial score (nSPS) is 11.1. The van der Waals surface area contributed by atoms with Crippen molar-refractivity contribution in [2.45, 2.75) is 32.8 Å². The second kappa shape index (κ2) is 8.68. The molecule has 0 fully saturated rings. The standard InChI is InChI=1S/C11H24N2O2/c1-10(2)15-9-11(14)12-7-5-6-8-13(3)4/h10H,5-9H2,1-4H3,(H,12,14). The van der Waals surface area contributed by atoms with E-state index in [0.29, 0.717) is 0 Å². The summed E-state index contributed by atoms with van der Waals surface area (Å²) in [7, 11) is 4.10. The van der Waals surface area contributed by atoms with Crippen molar-refractivity contribution in [1.82, 2.24) is 10.2 Å². The van der Waals surface area contributed by atoms with Gasteiger partial charge < -0.3 is 15.0 Å². The molecule has 1 N–H and O–H groups in total. The molecule has 0 rings (SSSR count). The lowest BCUT2D eigenvalue weighted by Gasteiger charge is -2.10. The maximum absolute atomic E-state index is 11.2. The maximum atomic E-state index is 11.2. The molecule has 0 aromatic rings. The van der Waals surface area contributed by atoms with Gasteiger partial charge in [0, 0.05) is 6.54 Å². The molecule has 0 saturated heterocycles. The number of unbranched alkanes of at least 4 members (excludes halogenated alkanes) is 1. The first kappa shape index (κ1) is 14.4. The molecule has 0 heterocycles. The van der Waals surface area contributed by atoms with Crippen molar-refractivity contribution in [3.63, 3.8) is 0 Å². The van der Waals surface area contributed by atoms with Gasteiger partial charge in [-0.15, -0.1) is 0 Å². The van der Waals surface area contributed by atoms with Gasteiger partial charge in [0.25, 0.3) is 0 Å². The van der Waals surface area contributed by atoms with Crippen LogP contribution in [0.25, 0.3) is 0 Å². The number of amides is 1.